The van der Waals surface area contributed by atoms with Gasteiger partial charge in [-0.2, -0.15) is 26.3 Å². The van der Waals surface area contributed by atoms with E-state index in [4.69, 9.17) is 11.6 Å². The highest BCUT2D eigenvalue weighted by Gasteiger charge is 2.36. The standard InChI is InChI=1S/C25H14ClF6N5O2S/c26-15-4-3-13-16-21(40-19(13)18(15)38)36-20(17-14(11-1-2-11)5-12(8-33-17)24(27,28)29)37(22(16)39)9-10-6-34-23(35-7-10)25(30,31)32/h3-8,11,38H,1-2,9H2. The molecule has 0 radical (unpaired) electrons. The Labute approximate surface area is 228 Å². The summed E-state index contributed by atoms with van der Waals surface area (Å²) in [4.78, 5) is 29.4. The van der Waals surface area contributed by atoms with E-state index < -0.39 is 29.3 Å². The van der Waals surface area contributed by atoms with Crippen LogP contribution in [0.2, 0.25) is 5.02 Å². The van der Waals surface area contributed by atoms with Gasteiger partial charge in [-0.3, -0.25) is 14.3 Å². The van der Waals surface area contributed by atoms with Crippen molar-refractivity contribution in [2.75, 3.05) is 0 Å². The number of hydrogen-bond donors (Lipinski definition) is 1. The summed E-state index contributed by atoms with van der Waals surface area (Å²) in [6.45, 7) is -0.348. The van der Waals surface area contributed by atoms with Gasteiger partial charge >= 0.3 is 12.4 Å². The Morgan fingerprint density at radius 3 is 2.35 bits per heavy atom. The predicted octanol–water partition coefficient (Wildman–Crippen LogP) is 6.79. The summed E-state index contributed by atoms with van der Waals surface area (Å²) in [6.07, 6.45) is -5.71. The zero-order valence-electron chi connectivity index (χ0n) is 19.8. The van der Waals surface area contributed by atoms with E-state index in [-0.39, 0.29) is 60.8 Å². The minimum absolute atomic E-state index is 0.0435. The lowest BCUT2D eigenvalue weighted by molar-refractivity contribution is -0.145. The van der Waals surface area contributed by atoms with Crippen LogP contribution in [0.25, 0.3) is 31.8 Å². The third-order valence-corrected chi connectivity index (χ3v) is 7.87. The number of fused-ring (bicyclic) bond motifs is 3. The molecule has 1 aliphatic carbocycles. The summed E-state index contributed by atoms with van der Waals surface area (Å²) in [5.41, 5.74) is -1.18. The van der Waals surface area contributed by atoms with E-state index in [1.165, 1.54) is 12.1 Å². The molecule has 4 aromatic heterocycles. The molecular formula is C25H14ClF6N5O2S. The summed E-state index contributed by atoms with van der Waals surface area (Å²) >= 11 is 7.00. The van der Waals surface area contributed by atoms with Crippen LogP contribution >= 0.6 is 22.9 Å². The molecule has 0 spiro atoms. The van der Waals surface area contributed by atoms with E-state index in [9.17, 15) is 36.2 Å². The molecule has 15 heteroatoms. The maximum absolute atomic E-state index is 13.9. The van der Waals surface area contributed by atoms with E-state index in [1.54, 1.807) is 0 Å². The lowest BCUT2D eigenvalue weighted by Gasteiger charge is -2.16. The van der Waals surface area contributed by atoms with Crippen LogP contribution in [-0.4, -0.2) is 29.6 Å². The fourth-order valence-electron chi connectivity index (χ4n) is 4.41. The number of benzene rings is 1. The molecule has 0 atom stereocenters. The molecule has 1 N–H and O–H groups in total. The Morgan fingerprint density at radius 2 is 1.73 bits per heavy atom. The Balaban J connectivity index is 1.61. The zero-order chi connectivity index (χ0) is 28.6. The third kappa shape index (κ3) is 4.54. The summed E-state index contributed by atoms with van der Waals surface area (Å²) in [5, 5.41) is 11.0. The number of rotatable bonds is 4. The molecule has 7 nitrogen and oxygen atoms in total. The van der Waals surface area contributed by atoms with E-state index in [0.29, 0.717) is 24.4 Å². The maximum Gasteiger partial charge on any atom is 0.451 e. The van der Waals surface area contributed by atoms with Gasteiger partial charge < -0.3 is 5.11 Å². The van der Waals surface area contributed by atoms with Crippen molar-refractivity contribution >= 4 is 43.2 Å². The Bertz CT molecular complexity index is 1860. The van der Waals surface area contributed by atoms with Gasteiger partial charge in [0.2, 0.25) is 5.82 Å². The topological polar surface area (TPSA) is 93.8 Å². The average molecular weight is 598 g/mol. The Morgan fingerprint density at radius 1 is 1.02 bits per heavy atom. The van der Waals surface area contributed by atoms with E-state index in [0.717, 1.165) is 34.4 Å². The molecule has 0 unspecified atom stereocenters. The fraction of sp³-hybridized carbons (Fsp3) is 0.240. The first-order valence-electron chi connectivity index (χ1n) is 11.6. The number of aromatic nitrogens is 5. The van der Waals surface area contributed by atoms with Gasteiger partial charge in [0.1, 0.15) is 10.5 Å². The quantitative estimate of drug-likeness (QED) is 0.229. The number of phenols is 1. The number of thiophene rings is 1. The number of hydrogen-bond acceptors (Lipinski definition) is 7. The summed E-state index contributed by atoms with van der Waals surface area (Å²) < 4.78 is 80.8. The molecule has 0 amide bonds. The van der Waals surface area contributed by atoms with Crippen LogP contribution in [0, 0.1) is 0 Å². The lowest BCUT2D eigenvalue weighted by Crippen LogP contribution is -2.25. The number of pyridine rings is 1. The first-order valence-corrected chi connectivity index (χ1v) is 12.8. The van der Waals surface area contributed by atoms with Crippen molar-refractivity contribution in [3.8, 4) is 17.3 Å². The van der Waals surface area contributed by atoms with Crippen LogP contribution in [0.3, 0.4) is 0 Å². The molecule has 40 heavy (non-hydrogen) atoms. The van der Waals surface area contributed by atoms with E-state index >= 15 is 0 Å². The SMILES string of the molecule is O=c1c2c(nc(-c3ncc(C(F)(F)F)cc3C3CC3)n1Cc1cnc(C(F)(F)F)nc1)sc1c(O)c(Cl)ccc12. The van der Waals surface area contributed by atoms with Crippen LogP contribution in [0.15, 0.2) is 41.6 Å². The smallest absolute Gasteiger partial charge is 0.451 e. The van der Waals surface area contributed by atoms with Crippen molar-refractivity contribution in [2.24, 2.45) is 0 Å². The molecule has 0 saturated heterocycles. The van der Waals surface area contributed by atoms with Crippen LogP contribution in [0.1, 0.15) is 41.3 Å². The van der Waals surface area contributed by atoms with Crippen molar-refractivity contribution in [1.82, 2.24) is 24.5 Å². The van der Waals surface area contributed by atoms with Crippen LogP contribution in [0.4, 0.5) is 26.3 Å². The summed E-state index contributed by atoms with van der Waals surface area (Å²) in [7, 11) is 0. The second-order valence-electron chi connectivity index (χ2n) is 9.23. The molecule has 1 aliphatic rings. The third-order valence-electron chi connectivity index (χ3n) is 6.46. The van der Waals surface area contributed by atoms with Crippen molar-refractivity contribution in [2.45, 2.75) is 37.7 Å². The van der Waals surface area contributed by atoms with Gasteiger partial charge in [0.15, 0.2) is 11.6 Å². The molecule has 5 aromatic rings. The highest BCUT2D eigenvalue weighted by molar-refractivity contribution is 7.25. The van der Waals surface area contributed by atoms with Gasteiger partial charge in [0, 0.05) is 29.5 Å². The predicted molar refractivity (Wildman–Crippen MR) is 134 cm³/mol. The Kier molecular flexibility index (Phi) is 6.03. The molecule has 1 fully saturated rings. The number of phenolic OH excluding ortho intramolecular Hbond substituents is 1. The lowest BCUT2D eigenvalue weighted by atomic mass is 10.0. The second-order valence-corrected chi connectivity index (χ2v) is 10.6. The second kappa shape index (κ2) is 9.13. The highest BCUT2D eigenvalue weighted by atomic mass is 35.5. The fourth-order valence-corrected chi connectivity index (χ4v) is 5.73. The van der Waals surface area contributed by atoms with Crippen molar-refractivity contribution in [1.29, 1.82) is 0 Å². The van der Waals surface area contributed by atoms with Crippen molar-refractivity contribution in [3.63, 3.8) is 0 Å². The Hall–Kier alpha value is -3.78. The molecule has 0 bridgehead atoms. The first-order chi connectivity index (χ1) is 18.8. The number of aromatic hydroxyl groups is 1. The van der Waals surface area contributed by atoms with E-state index in [2.05, 4.69) is 19.9 Å². The minimum Gasteiger partial charge on any atom is -0.505 e. The summed E-state index contributed by atoms with van der Waals surface area (Å²) in [6, 6.07) is 3.91. The minimum atomic E-state index is -4.77. The molecular weight excluding hydrogens is 584 g/mol. The highest BCUT2D eigenvalue weighted by Crippen LogP contribution is 2.46. The zero-order valence-corrected chi connectivity index (χ0v) is 21.4. The normalized spacial score (nSPS) is 14.4. The molecule has 206 valence electrons. The van der Waals surface area contributed by atoms with Crippen LogP contribution in [-0.2, 0) is 18.9 Å². The van der Waals surface area contributed by atoms with Gasteiger partial charge in [0.25, 0.3) is 5.56 Å². The molecule has 1 saturated carbocycles. The monoisotopic (exact) mass is 597 g/mol. The van der Waals surface area contributed by atoms with Crippen molar-refractivity contribution < 1.29 is 31.4 Å². The van der Waals surface area contributed by atoms with E-state index in [1.807, 2.05) is 0 Å². The van der Waals surface area contributed by atoms with Crippen molar-refractivity contribution in [3.05, 3.63) is 74.7 Å². The van der Waals surface area contributed by atoms with Gasteiger partial charge in [-0.05, 0) is 36.5 Å². The molecule has 6 rings (SSSR count). The first kappa shape index (κ1) is 26.4. The number of halogens is 7. The van der Waals surface area contributed by atoms with Crippen LogP contribution < -0.4 is 5.56 Å². The van der Waals surface area contributed by atoms with Crippen LogP contribution in [0.5, 0.6) is 5.75 Å². The maximum atomic E-state index is 13.9. The van der Waals surface area contributed by atoms with Gasteiger partial charge in [-0.25, -0.2) is 15.0 Å². The van der Waals surface area contributed by atoms with Gasteiger partial charge in [0.05, 0.1) is 27.2 Å². The largest absolute Gasteiger partial charge is 0.505 e. The number of alkyl halides is 6. The van der Waals surface area contributed by atoms with Gasteiger partial charge in [-0.1, -0.05) is 17.7 Å². The molecule has 1 aromatic carbocycles. The molecule has 4 heterocycles. The van der Waals surface area contributed by atoms with Gasteiger partial charge in [-0.15, -0.1) is 11.3 Å². The average Bonchev–Trinajstić information content (AvgIpc) is 3.67. The molecule has 0 aliphatic heterocycles. The number of nitrogens with zero attached hydrogens (tertiary/aromatic N) is 5. The summed E-state index contributed by atoms with van der Waals surface area (Å²) in [5.74, 6) is -1.94.